The van der Waals surface area contributed by atoms with Crippen LogP contribution in [-0.2, 0) is 17.6 Å². The molecule has 6 heteroatoms. The summed E-state index contributed by atoms with van der Waals surface area (Å²) in [5, 5.41) is 1.19. The summed E-state index contributed by atoms with van der Waals surface area (Å²) >= 11 is 1.80. The predicted molar refractivity (Wildman–Crippen MR) is 95.3 cm³/mol. The molecule has 0 saturated carbocycles. The van der Waals surface area contributed by atoms with Gasteiger partial charge in [-0.15, -0.1) is 11.3 Å². The van der Waals surface area contributed by atoms with E-state index in [1.165, 1.54) is 28.7 Å². The Kier molecular flexibility index (Phi) is 4.80. The third-order valence-corrected chi connectivity index (χ3v) is 5.55. The van der Waals surface area contributed by atoms with Gasteiger partial charge in [0.1, 0.15) is 17.0 Å². The molecule has 0 saturated heterocycles. The molecule has 5 nitrogen and oxygen atoms in total. The average Bonchev–Trinajstić information content (AvgIpc) is 2.92. The first-order valence-corrected chi connectivity index (χ1v) is 9.13. The van der Waals surface area contributed by atoms with Crippen molar-refractivity contribution in [2.75, 3.05) is 32.1 Å². The second-order valence-electron chi connectivity index (χ2n) is 6.30. The van der Waals surface area contributed by atoms with Gasteiger partial charge >= 0.3 is 0 Å². The second-order valence-corrected chi connectivity index (χ2v) is 7.38. The van der Waals surface area contributed by atoms with Crippen LogP contribution in [0.1, 0.15) is 36.6 Å². The molecule has 1 aliphatic rings. The maximum atomic E-state index is 12.2. The maximum Gasteiger partial charge on any atom is 0.241 e. The zero-order valence-corrected chi connectivity index (χ0v) is 14.9. The van der Waals surface area contributed by atoms with E-state index in [0.717, 1.165) is 36.5 Å². The number of rotatable bonds is 5. The monoisotopic (exact) mass is 332 g/mol. The normalized spacial score (nSPS) is 13.9. The van der Waals surface area contributed by atoms with Gasteiger partial charge in [-0.05, 0) is 37.7 Å². The summed E-state index contributed by atoms with van der Waals surface area (Å²) in [6.07, 6.45) is 7.39. The van der Waals surface area contributed by atoms with Gasteiger partial charge in [-0.25, -0.2) is 9.97 Å². The lowest BCUT2D eigenvalue weighted by Crippen LogP contribution is -2.37. The van der Waals surface area contributed by atoms with E-state index in [0.29, 0.717) is 6.54 Å². The Bertz CT molecular complexity index is 710. The number of hydrogen-bond donors (Lipinski definition) is 0. The fraction of sp³-hybridized carbons (Fsp3) is 0.588. The van der Waals surface area contributed by atoms with Crippen LogP contribution >= 0.6 is 11.3 Å². The molecule has 0 aliphatic heterocycles. The van der Waals surface area contributed by atoms with E-state index >= 15 is 0 Å². The predicted octanol–water partition coefficient (Wildman–Crippen LogP) is 2.87. The Morgan fingerprint density at radius 2 is 2.04 bits per heavy atom. The molecule has 0 N–H and O–H groups in total. The van der Waals surface area contributed by atoms with Gasteiger partial charge in [-0.1, -0.05) is 6.92 Å². The van der Waals surface area contributed by atoms with Gasteiger partial charge in [0.05, 0.1) is 11.9 Å². The molecule has 2 aromatic rings. The number of fused-ring (bicyclic) bond motifs is 3. The molecule has 0 fully saturated rings. The number of aromatic nitrogens is 2. The Balaban J connectivity index is 2.05. The molecule has 23 heavy (non-hydrogen) atoms. The van der Waals surface area contributed by atoms with E-state index in [1.807, 2.05) is 0 Å². The number of nitrogens with zero attached hydrogens (tertiary/aromatic N) is 4. The number of amides is 1. The summed E-state index contributed by atoms with van der Waals surface area (Å²) in [6, 6.07) is 0. The zero-order valence-electron chi connectivity index (χ0n) is 14.1. The molecule has 0 radical (unpaired) electrons. The number of carbonyl (C=O) groups is 1. The SMILES string of the molecule is CCCN(CC(=O)N(C)C)c1ncnc2sc3c(c12)CCCC3. The van der Waals surface area contributed by atoms with Crippen molar-refractivity contribution in [1.82, 2.24) is 14.9 Å². The summed E-state index contributed by atoms with van der Waals surface area (Å²) in [5.41, 5.74) is 1.42. The molecule has 0 atom stereocenters. The van der Waals surface area contributed by atoms with Crippen LogP contribution in [0, 0.1) is 0 Å². The molecule has 2 heterocycles. The molecule has 0 aromatic carbocycles. The van der Waals surface area contributed by atoms with Crippen molar-refractivity contribution < 1.29 is 4.79 Å². The molecule has 0 unspecified atom stereocenters. The molecule has 124 valence electrons. The number of carbonyl (C=O) groups excluding carboxylic acids is 1. The van der Waals surface area contributed by atoms with Crippen LogP contribution in [0.5, 0.6) is 0 Å². The third-order valence-electron chi connectivity index (χ3n) is 4.35. The highest BCUT2D eigenvalue weighted by atomic mass is 32.1. The van der Waals surface area contributed by atoms with E-state index in [1.54, 1.807) is 36.7 Å². The molecule has 1 aliphatic carbocycles. The van der Waals surface area contributed by atoms with E-state index in [9.17, 15) is 4.79 Å². The van der Waals surface area contributed by atoms with Crippen molar-refractivity contribution in [2.24, 2.45) is 0 Å². The fourth-order valence-corrected chi connectivity index (χ4v) is 4.37. The van der Waals surface area contributed by atoms with Gasteiger partial charge in [0.2, 0.25) is 5.91 Å². The summed E-state index contributed by atoms with van der Waals surface area (Å²) in [4.78, 5) is 27.6. The minimum absolute atomic E-state index is 0.106. The number of likely N-dealkylation sites (N-methyl/N-ethyl adjacent to an activating group) is 1. The molecular weight excluding hydrogens is 308 g/mol. The van der Waals surface area contributed by atoms with E-state index in [4.69, 9.17) is 0 Å². The number of thiophene rings is 1. The van der Waals surface area contributed by atoms with Gasteiger partial charge in [-0.2, -0.15) is 0 Å². The molecule has 3 rings (SSSR count). The molecule has 0 spiro atoms. The number of aryl methyl sites for hydroxylation is 2. The minimum atomic E-state index is 0.106. The van der Waals surface area contributed by atoms with E-state index in [2.05, 4.69) is 21.8 Å². The molecule has 2 aromatic heterocycles. The topological polar surface area (TPSA) is 49.3 Å². The van der Waals surface area contributed by atoms with Crippen molar-refractivity contribution in [3.8, 4) is 0 Å². The first-order chi connectivity index (χ1) is 11.1. The van der Waals surface area contributed by atoms with Gasteiger partial charge in [0.15, 0.2) is 0 Å². The lowest BCUT2D eigenvalue weighted by atomic mass is 9.97. The van der Waals surface area contributed by atoms with Crippen LogP contribution < -0.4 is 4.90 Å². The Hall–Kier alpha value is -1.69. The van der Waals surface area contributed by atoms with Crippen molar-refractivity contribution in [2.45, 2.75) is 39.0 Å². The molecule has 0 bridgehead atoms. The van der Waals surface area contributed by atoms with E-state index < -0.39 is 0 Å². The lowest BCUT2D eigenvalue weighted by Gasteiger charge is -2.25. The Morgan fingerprint density at radius 3 is 2.78 bits per heavy atom. The van der Waals surface area contributed by atoms with Crippen molar-refractivity contribution in [3.05, 3.63) is 16.8 Å². The molecular formula is C17H24N4OS. The minimum Gasteiger partial charge on any atom is -0.347 e. The van der Waals surface area contributed by atoms with Crippen LogP contribution in [0.15, 0.2) is 6.33 Å². The van der Waals surface area contributed by atoms with Crippen LogP contribution in [-0.4, -0.2) is 48.0 Å². The Labute approximate surface area is 141 Å². The van der Waals surface area contributed by atoms with Gasteiger partial charge in [0, 0.05) is 25.5 Å². The highest BCUT2D eigenvalue weighted by Gasteiger charge is 2.23. The van der Waals surface area contributed by atoms with Gasteiger partial charge in [-0.3, -0.25) is 4.79 Å². The first-order valence-electron chi connectivity index (χ1n) is 8.32. The number of hydrogen-bond acceptors (Lipinski definition) is 5. The van der Waals surface area contributed by atoms with Crippen molar-refractivity contribution in [1.29, 1.82) is 0 Å². The maximum absolute atomic E-state index is 12.2. The average molecular weight is 332 g/mol. The van der Waals surface area contributed by atoms with Crippen molar-refractivity contribution in [3.63, 3.8) is 0 Å². The first kappa shape index (κ1) is 16.2. The summed E-state index contributed by atoms with van der Waals surface area (Å²) in [5.74, 6) is 1.04. The second kappa shape index (κ2) is 6.83. The van der Waals surface area contributed by atoms with Crippen LogP contribution in [0.25, 0.3) is 10.2 Å². The molecule has 1 amide bonds. The smallest absolute Gasteiger partial charge is 0.241 e. The van der Waals surface area contributed by atoms with Crippen molar-refractivity contribution >= 4 is 33.3 Å². The summed E-state index contributed by atoms with van der Waals surface area (Å²) in [6.45, 7) is 3.34. The fourth-order valence-electron chi connectivity index (χ4n) is 3.15. The zero-order chi connectivity index (χ0) is 16.4. The highest BCUT2D eigenvalue weighted by Crippen LogP contribution is 2.39. The van der Waals surface area contributed by atoms with Crippen LogP contribution in [0.2, 0.25) is 0 Å². The van der Waals surface area contributed by atoms with E-state index in [-0.39, 0.29) is 5.91 Å². The largest absolute Gasteiger partial charge is 0.347 e. The number of anilines is 1. The Morgan fingerprint density at radius 1 is 1.26 bits per heavy atom. The lowest BCUT2D eigenvalue weighted by molar-refractivity contribution is -0.127. The van der Waals surface area contributed by atoms with Gasteiger partial charge < -0.3 is 9.80 Å². The highest BCUT2D eigenvalue weighted by molar-refractivity contribution is 7.19. The third kappa shape index (κ3) is 3.17. The van der Waals surface area contributed by atoms with Crippen LogP contribution in [0.3, 0.4) is 0 Å². The van der Waals surface area contributed by atoms with Gasteiger partial charge in [0.25, 0.3) is 0 Å². The quantitative estimate of drug-likeness (QED) is 0.845. The standard InChI is InChI=1S/C17H24N4OS/c1-4-9-21(10-14(22)20(2)3)16-15-12-7-5-6-8-13(12)23-17(15)19-11-18-16/h11H,4-10H2,1-3H3. The summed E-state index contributed by atoms with van der Waals surface area (Å²) in [7, 11) is 3.60. The van der Waals surface area contributed by atoms with Crippen LogP contribution in [0.4, 0.5) is 5.82 Å². The summed E-state index contributed by atoms with van der Waals surface area (Å²) < 4.78 is 0.